The molecule has 36 heavy (non-hydrogen) atoms. The Morgan fingerprint density at radius 1 is 1.19 bits per heavy atom. The lowest BCUT2D eigenvalue weighted by Gasteiger charge is -2.28. The predicted molar refractivity (Wildman–Crippen MR) is 133 cm³/mol. The van der Waals surface area contributed by atoms with Gasteiger partial charge in [-0.15, -0.1) is 0 Å². The average Bonchev–Trinajstić information content (AvgIpc) is 3.22. The maximum atomic E-state index is 13.5. The van der Waals surface area contributed by atoms with Crippen LogP contribution < -0.4 is 5.32 Å². The molecule has 0 saturated heterocycles. The number of hydrogen-bond donors (Lipinski definition) is 3. The van der Waals surface area contributed by atoms with Crippen molar-refractivity contribution in [2.75, 3.05) is 19.0 Å². The molecule has 1 aliphatic rings. The van der Waals surface area contributed by atoms with Gasteiger partial charge in [-0.2, -0.15) is 5.10 Å². The lowest BCUT2D eigenvalue weighted by atomic mass is 9.85. The Morgan fingerprint density at radius 3 is 2.61 bits per heavy atom. The van der Waals surface area contributed by atoms with Gasteiger partial charge in [-0.05, 0) is 49.2 Å². The van der Waals surface area contributed by atoms with Crippen molar-refractivity contribution in [2.24, 2.45) is 0 Å². The largest absolute Gasteiger partial charge is 0.394 e. The first kappa shape index (κ1) is 25.3. The van der Waals surface area contributed by atoms with Crippen molar-refractivity contribution in [3.05, 3.63) is 82.9 Å². The molecule has 1 aliphatic heterocycles. The highest BCUT2D eigenvalue weighted by atomic mass is 19.1. The molecule has 2 aromatic carbocycles. The van der Waals surface area contributed by atoms with E-state index in [9.17, 15) is 19.1 Å². The first-order valence-electron chi connectivity index (χ1n) is 11.6. The van der Waals surface area contributed by atoms with Crippen molar-refractivity contribution in [3.63, 3.8) is 0 Å². The summed E-state index contributed by atoms with van der Waals surface area (Å²) in [4.78, 5) is 27.2. The second-order valence-electron chi connectivity index (χ2n) is 9.07. The number of carbonyl (C=O) groups is 2. The minimum atomic E-state index is -0.910. The predicted octanol–water partition coefficient (Wildman–Crippen LogP) is 3.13. The third kappa shape index (κ3) is 5.37. The number of rotatable bonds is 7. The van der Waals surface area contributed by atoms with Gasteiger partial charge < -0.3 is 20.4 Å². The minimum Gasteiger partial charge on any atom is -0.394 e. The first-order chi connectivity index (χ1) is 17.2. The average molecular weight is 493 g/mol. The van der Waals surface area contributed by atoms with Crippen molar-refractivity contribution in [2.45, 2.75) is 38.8 Å². The van der Waals surface area contributed by atoms with Gasteiger partial charge in [-0.3, -0.25) is 14.3 Å². The van der Waals surface area contributed by atoms with Gasteiger partial charge in [0.1, 0.15) is 5.82 Å². The van der Waals surface area contributed by atoms with Crippen LogP contribution in [0, 0.1) is 19.7 Å². The Morgan fingerprint density at radius 2 is 1.92 bits per heavy atom. The van der Waals surface area contributed by atoms with E-state index in [1.165, 1.54) is 23.2 Å². The molecular formula is C27H29FN4O4. The summed E-state index contributed by atoms with van der Waals surface area (Å²) in [6.45, 7) is 3.55. The molecule has 0 radical (unpaired) electrons. The molecule has 0 bridgehead atoms. The summed E-state index contributed by atoms with van der Waals surface area (Å²) in [6, 6.07) is 13.3. The molecule has 8 nitrogen and oxygen atoms in total. The smallest absolute Gasteiger partial charge is 0.253 e. The summed E-state index contributed by atoms with van der Waals surface area (Å²) in [5.74, 6) is -1.36. The number of aliphatic hydroxyl groups is 2. The van der Waals surface area contributed by atoms with Gasteiger partial charge in [0.15, 0.2) is 0 Å². The van der Waals surface area contributed by atoms with Crippen molar-refractivity contribution < 1.29 is 24.2 Å². The standard InChI is InChI=1S/C27H29FN4O4/c1-16-4-5-19(25-10-17(2)32(30-25)13-21(34)15-33)11-24(16)29-27(36)23-14-31(3)26(35)12-22(23)18-6-8-20(28)9-7-18/h4-11,14,21-22,33-34H,12-13,15H2,1-3H3,(H,29,36)/t21-,22+/m1/s1. The summed E-state index contributed by atoms with van der Waals surface area (Å²) in [6.07, 6.45) is 0.732. The SMILES string of the molecule is Cc1ccc(-c2cc(C)n(C[C@@H](O)CO)n2)cc1NC(=O)C1=CN(C)C(=O)C[C@H]1c1ccc(F)cc1. The van der Waals surface area contributed by atoms with Crippen LogP contribution in [0.3, 0.4) is 0 Å². The Hall–Kier alpha value is -3.82. The monoisotopic (exact) mass is 492 g/mol. The fourth-order valence-corrected chi connectivity index (χ4v) is 4.21. The third-order valence-corrected chi connectivity index (χ3v) is 6.37. The number of nitrogens with zero attached hydrogens (tertiary/aromatic N) is 3. The van der Waals surface area contributed by atoms with Crippen LogP contribution in [0.15, 0.2) is 60.3 Å². The number of aryl methyl sites for hydroxylation is 2. The van der Waals surface area contributed by atoms with Gasteiger partial charge in [0, 0.05) is 48.1 Å². The van der Waals surface area contributed by atoms with Crippen LogP contribution in [-0.2, 0) is 16.1 Å². The van der Waals surface area contributed by atoms with Crippen LogP contribution in [0.2, 0.25) is 0 Å². The van der Waals surface area contributed by atoms with Gasteiger partial charge in [0.05, 0.1) is 24.9 Å². The molecule has 0 aliphatic carbocycles. The maximum absolute atomic E-state index is 13.5. The number of anilines is 1. The number of amides is 2. The Balaban J connectivity index is 1.61. The molecule has 1 aromatic heterocycles. The van der Waals surface area contributed by atoms with Crippen LogP contribution in [0.4, 0.5) is 10.1 Å². The molecule has 2 heterocycles. The van der Waals surface area contributed by atoms with Crippen molar-refractivity contribution in [3.8, 4) is 11.3 Å². The summed E-state index contributed by atoms with van der Waals surface area (Å²) < 4.78 is 15.1. The molecule has 0 saturated carbocycles. The number of nitrogens with one attached hydrogen (secondary N) is 1. The van der Waals surface area contributed by atoms with Gasteiger partial charge in [-0.1, -0.05) is 24.3 Å². The lowest BCUT2D eigenvalue weighted by molar-refractivity contribution is -0.128. The highest BCUT2D eigenvalue weighted by Crippen LogP contribution is 2.34. The number of carbonyl (C=O) groups excluding carboxylic acids is 2. The number of hydrogen-bond acceptors (Lipinski definition) is 5. The van der Waals surface area contributed by atoms with E-state index in [-0.39, 0.29) is 37.2 Å². The minimum absolute atomic E-state index is 0.108. The van der Waals surface area contributed by atoms with Gasteiger partial charge in [0.25, 0.3) is 5.91 Å². The van der Waals surface area contributed by atoms with Crippen LogP contribution in [0.5, 0.6) is 0 Å². The molecule has 9 heteroatoms. The van der Waals surface area contributed by atoms with E-state index in [4.69, 9.17) is 5.11 Å². The molecule has 0 fully saturated rings. The highest BCUT2D eigenvalue weighted by molar-refractivity contribution is 6.07. The summed E-state index contributed by atoms with van der Waals surface area (Å²) in [7, 11) is 1.61. The highest BCUT2D eigenvalue weighted by Gasteiger charge is 2.31. The first-order valence-corrected chi connectivity index (χ1v) is 11.6. The Kier molecular flexibility index (Phi) is 7.32. The maximum Gasteiger partial charge on any atom is 0.253 e. The van der Waals surface area contributed by atoms with E-state index >= 15 is 0 Å². The van der Waals surface area contributed by atoms with Gasteiger partial charge in [-0.25, -0.2) is 4.39 Å². The fourth-order valence-electron chi connectivity index (χ4n) is 4.21. The lowest BCUT2D eigenvalue weighted by Crippen LogP contribution is -2.33. The summed E-state index contributed by atoms with van der Waals surface area (Å²) >= 11 is 0. The normalized spacial score (nSPS) is 16.6. The topological polar surface area (TPSA) is 108 Å². The van der Waals surface area contributed by atoms with Crippen LogP contribution in [0.1, 0.15) is 29.2 Å². The van der Waals surface area contributed by atoms with Gasteiger partial charge in [0.2, 0.25) is 5.91 Å². The molecule has 2 atom stereocenters. The number of aliphatic hydroxyl groups excluding tert-OH is 2. The number of aromatic nitrogens is 2. The Bertz CT molecular complexity index is 1320. The van der Waals surface area contributed by atoms with Crippen molar-refractivity contribution in [1.82, 2.24) is 14.7 Å². The second-order valence-corrected chi connectivity index (χ2v) is 9.07. The fraction of sp³-hybridized carbons (Fsp3) is 0.296. The molecule has 0 unspecified atom stereocenters. The molecule has 3 aromatic rings. The molecule has 0 spiro atoms. The molecule has 188 valence electrons. The molecular weight excluding hydrogens is 463 g/mol. The third-order valence-electron chi connectivity index (χ3n) is 6.37. The van der Waals surface area contributed by atoms with Gasteiger partial charge >= 0.3 is 0 Å². The van der Waals surface area contributed by atoms with E-state index in [1.54, 1.807) is 23.9 Å². The number of halogens is 1. The zero-order chi connectivity index (χ0) is 26.0. The van der Waals surface area contributed by atoms with E-state index in [0.29, 0.717) is 22.5 Å². The Labute approximate surface area is 208 Å². The van der Waals surface area contributed by atoms with Crippen LogP contribution in [-0.4, -0.2) is 56.5 Å². The zero-order valence-corrected chi connectivity index (χ0v) is 20.4. The van der Waals surface area contributed by atoms with E-state index in [0.717, 1.165) is 16.8 Å². The second kappa shape index (κ2) is 10.4. The van der Waals surface area contributed by atoms with E-state index in [1.807, 2.05) is 38.1 Å². The van der Waals surface area contributed by atoms with Crippen molar-refractivity contribution in [1.29, 1.82) is 0 Å². The molecule has 3 N–H and O–H groups in total. The van der Waals surface area contributed by atoms with E-state index < -0.39 is 12.0 Å². The van der Waals surface area contributed by atoms with E-state index in [2.05, 4.69) is 10.4 Å². The number of benzene rings is 2. The zero-order valence-electron chi connectivity index (χ0n) is 20.4. The summed E-state index contributed by atoms with van der Waals surface area (Å²) in [5.41, 5.74) is 4.81. The van der Waals surface area contributed by atoms with Crippen molar-refractivity contribution >= 4 is 17.5 Å². The summed E-state index contributed by atoms with van der Waals surface area (Å²) in [5, 5.41) is 26.4. The molecule has 4 rings (SSSR count). The van der Waals surface area contributed by atoms with Crippen LogP contribution in [0.25, 0.3) is 11.3 Å². The van der Waals surface area contributed by atoms with Crippen LogP contribution >= 0.6 is 0 Å². The quantitative estimate of drug-likeness (QED) is 0.470. The molecule has 2 amide bonds.